The van der Waals surface area contributed by atoms with E-state index in [1.165, 1.54) is 16.7 Å². The van der Waals surface area contributed by atoms with Gasteiger partial charge in [0, 0.05) is 37.9 Å². The van der Waals surface area contributed by atoms with Crippen LogP contribution in [0.25, 0.3) is 0 Å². The number of amides is 1. The van der Waals surface area contributed by atoms with Gasteiger partial charge in [-0.25, -0.2) is 18.4 Å². The van der Waals surface area contributed by atoms with Gasteiger partial charge >= 0.3 is 0 Å². The number of nitrogens with one attached hydrogen (secondary N) is 1. The molecule has 10 heteroatoms. The predicted octanol–water partition coefficient (Wildman–Crippen LogP) is 2.26. The third-order valence-electron chi connectivity index (χ3n) is 5.60. The van der Waals surface area contributed by atoms with E-state index >= 15 is 0 Å². The lowest BCUT2D eigenvalue weighted by Crippen LogP contribution is -2.29. The Labute approximate surface area is 181 Å². The van der Waals surface area contributed by atoms with Crippen LogP contribution in [-0.4, -0.2) is 51.5 Å². The molecule has 0 saturated carbocycles. The number of sulfonamides is 1. The molecule has 1 aromatic carbocycles. The number of aryl methyl sites for hydroxylation is 2. The number of carbonyl (C=O) groups excluding carboxylic acids is 1. The van der Waals surface area contributed by atoms with E-state index in [1.807, 2.05) is 18.2 Å². The standard InChI is InChI=1S/C21H24N6O3S/c1-14-18(21(28)25-17-7-5-4-6-8-17)11-22-20(24-14)16-9-10-27(13-16)31(29,30)19-12-23-26(3)15(19)2/h4-8,11-12,16H,9-10,13H2,1-3H3,(H,25,28). The van der Waals surface area contributed by atoms with E-state index in [0.29, 0.717) is 48.0 Å². The average Bonchev–Trinajstić information content (AvgIpc) is 3.37. The largest absolute Gasteiger partial charge is 0.322 e. The summed E-state index contributed by atoms with van der Waals surface area (Å²) in [5.74, 6) is 0.143. The average molecular weight is 441 g/mol. The molecule has 1 amide bonds. The first-order valence-electron chi connectivity index (χ1n) is 9.96. The van der Waals surface area contributed by atoms with Crippen molar-refractivity contribution in [2.24, 2.45) is 7.05 Å². The summed E-state index contributed by atoms with van der Waals surface area (Å²) in [6, 6.07) is 9.17. The maximum absolute atomic E-state index is 13.0. The highest BCUT2D eigenvalue weighted by atomic mass is 32.2. The third kappa shape index (κ3) is 4.08. The summed E-state index contributed by atoms with van der Waals surface area (Å²) in [4.78, 5) is 21.7. The van der Waals surface area contributed by atoms with Crippen LogP contribution >= 0.6 is 0 Å². The van der Waals surface area contributed by atoms with Crippen LogP contribution in [0.4, 0.5) is 5.69 Å². The van der Waals surface area contributed by atoms with Crippen molar-refractivity contribution in [1.29, 1.82) is 0 Å². The van der Waals surface area contributed by atoms with Gasteiger partial charge in [-0.15, -0.1) is 0 Å². The highest BCUT2D eigenvalue weighted by Crippen LogP contribution is 2.30. The molecule has 4 rings (SSSR count). The summed E-state index contributed by atoms with van der Waals surface area (Å²) in [5.41, 5.74) is 2.24. The number of anilines is 1. The Morgan fingerprint density at radius 2 is 1.90 bits per heavy atom. The van der Waals surface area contributed by atoms with E-state index in [2.05, 4.69) is 20.4 Å². The molecule has 0 radical (unpaired) electrons. The zero-order valence-electron chi connectivity index (χ0n) is 17.6. The first-order chi connectivity index (χ1) is 14.8. The normalized spacial score (nSPS) is 17.1. The third-order valence-corrected chi connectivity index (χ3v) is 7.57. The molecular weight excluding hydrogens is 416 g/mol. The Morgan fingerprint density at radius 3 is 2.55 bits per heavy atom. The second-order valence-corrected chi connectivity index (χ2v) is 9.52. The molecule has 1 aliphatic rings. The molecule has 0 bridgehead atoms. The zero-order chi connectivity index (χ0) is 22.2. The van der Waals surface area contributed by atoms with Crippen LogP contribution < -0.4 is 5.32 Å². The molecule has 1 aliphatic heterocycles. The number of benzene rings is 1. The topological polar surface area (TPSA) is 110 Å². The highest BCUT2D eigenvalue weighted by molar-refractivity contribution is 7.89. The molecule has 2 aromatic heterocycles. The Balaban J connectivity index is 1.49. The van der Waals surface area contributed by atoms with Crippen molar-refractivity contribution in [2.45, 2.75) is 31.1 Å². The number of rotatable bonds is 5. The minimum Gasteiger partial charge on any atom is -0.322 e. The summed E-state index contributed by atoms with van der Waals surface area (Å²) < 4.78 is 29.0. The predicted molar refractivity (Wildman–Crippen MR) is 115 cm³/mol. The maximum Gasteiger partial charge on any atom is 0.259 e. The lowest BCUT2D eigenvalue weighted by atomic mass is 10.1. The van der Waals surface area contributed by atoms with Crippen molar-refractivity contribution < 1.29 is 13.2 Å². The number of nitrogens with zero attached hydrogens (tertiary/aromatic N) is 5. The minimum atomic E-state index is -3.63. The van der Waals surface area contributed by atoms with Crippen LogP contribution in [0.3, 0.4) is 0 Å². The van der Waals surface area contributed by atoms with Crippen LogP contribution in [0, 0.1) is 13.8 Å². The van der Waals surface area contributed by atoms with Gasteiger partial charge in [0.15, 0.2) is 0 Å². The monoisotopic (exact) mass is 440 g/mol. The molecule has 1 N–H and O–H groups in total. The van der Waals surface area contributed by atoms with Gasteiger partial charge in [0.1, 0.15) is 10.7 Å². The SMILES string of the molecule is Cc1nc(C2CCN(S(=O)(=O)c3cnn(C)c3C)C2)ncc1C(=O)Nc1ccccc1. The van der Waals surface area contributed by atoms with Crippen molar-refractivity contribution in [2.75, 3.05) is 18.4 Å². The van der Waals surface area contributed by atoms with Crippen LogP contribution in [-0.2, 0) is 17.1 Å². The summed E-state index contributed by atoms with van der Waals surface area (Å²) in [6.07, 6.45) is 3.52. The Morgan fingerprint density at radius 1 is 1.16 bits per heavy atom. The van der Waals surface area contributed by atoms with Crippen molar-refractivity contribution >= 4 is 21.6 Å². The number of hydrogen-bond acceptors (Lipinski definition) is 6. The van der Waals surface area contributed by atoms with Gasteiger partial charge in [-0.05, 0) is 32.4 Å². The lowest BCUT2D eigenvalue weighted by Gasteiger charge is -2.16. The van der Waals surface area contributed by atoms with Crippen molar-refractivity contribution in [3.8, 4) is 0 Å². The summed E-state index contributed by atoms with van der Waals surface area (Å²) in [5, 5.41) is 6.87. The Bertz CT molecular complexity index is 1220. The fourth-order valence-corrected chi connectivity index (χ4v) is 5.34. The van der Waals surface area contributed by atoms with E-state index in [4.69, 9.17) is 0 Å². The maximum atomic E-state index is 13.0. The quantitative estimate of drug-likeness (QED) is 0.652. The molecular formula is C21H24N6O3S. The summed E-state index contributed by atoms with van der Waals surface area (Å²) >= 11 is 0. The van der Waals surface area contributed by atoms with E-state index in [0.717, 1.165) is 0 Å². The van der Waals surface area contributed by atoms with Crippen molar-refractivity contribution in [1.82, 2.24) is 24.1 Å². The first kappa shape index (κ1) is 21.1. The Hall–Kier alpha value is -3.11. The van der Waals surface area contributed by atoms with Crippen molar-refractivity contribution in [3.63, 3.8) is 0 Å². The molecule has 0 spiro atoms. The van der Waals surface area contributed by atoms with Gasteiger partial charge in [-0.3, -0.25) is 9.48 Å². The van der Waals surface area contributed by atoms with Gasteiger partial charge in [0.25, 0.3) is 5.91 Å². The molecule has 0 aliphatic carbocycles. The molecule has 162 valence electrons. The van der Waals surface area contributed by atoms with E-state index in [-0.39, 0.29) is 16.7 Å². The van der Waals surface area contributed by atoms with E-state index in [9.17, 15) is 13.2 Å². The number of para-hydroxylation sites is 1. The number of hydrogen-bond donors (Lipinski definition) is 1. The molecule has 3 heterocycles. The number of aromatic nitrogens is 4. The molecule has 1 fully saturated rings. The summed E-state index contributed by atoms with van der Waals surface area (Å²) in [7, 11) is -1.91. The highest BCUT2D eigenvalue weighted by Gasteiger charge is 2.36. The Kier molecular flexibility index (Phi) is 5.59. The van der Waals surface area contributed by atoms with Gasteiger partial charge in [-0.1, -0.05) is 18.2 Å². The molecule has 1 saturated heterocycles. The first-order valence-corrected chi connectivity index (χ1v) is 11.4. The van der Waals surface area contributed by atoms with Crippen LogP contribution in [0.5, 0.6) is 0 Å². The van der Waals surface area contributed by atoms with Gasteiger partial charge < -0.3 is 5.32 Å². The van der Waals surface area contributed by atoms with Gasteiger partial charge in [-0.2, -0.15) is 9.40 Å². The minimum absolute atomic E-state index is 0.128. The molecule has 3 aromatic rings. The van der Waals surface area contributed by atoms with Crippen LogP contribution in [0.2, 0.25) is 0 Å². The molecule has 1 unspecified atom stereocenters. The fraction of sp³-hybridized carbons (Fsp3) is 0.333. The molecule has 31 heavy (non-hydrogen) atoms. The fourth-order valence-electron chi connectivity index (χ4n) is 3.65. The van der Waals surface area contributed by atoms with Gasteiger partial charge in [0.2, 0.25) is 10.0 Å². The molecule has 9 nitrogen and oxygen atoms in total. The second kappa shape index (κ2) is 8.20. The van der Waals surface area contributed by atoms with Gasteiger partial charge in [0.05, 0.1) is 23.1 Å². The second-order valence-electron chi connectivity index (χ2n) is 7.61. The van der Waals surface area contributed by atoms with Crippen LogP contribution in [0.15, 0.2) is 47.6 Å². The van der Waals surface area contributed by atoms with E-state index < -0.39 is 10.0 Å². The zero-order valence-corrected chi connectivity index (χ0v) is 18.4. The smallest absolute Gasteiger partial charge is 0.259 e. The van der Waals surface area contributed by atoms with Crippen LogP contribution in [0.1, 0.15) is 39.9 Å². The summed E-state index contributed by atoms with van der Waals surface area (Å²) in [6.45, 7) is 4.18. The lowest BCUT2D eigenvalue weighted by molar-refractivity contribution is 0.102. The number of carbonyl (C=O) groups is 1. The molecule has 1 atom stereocenters. The van der Waals surface area contributed by atoms with E-state index in [1.54, 1.807) is 37.7 Å². The van der Waals surface area contributed by atoms with Crippen molar-refractivity contribution in [3.05, 3.63) is 65.5 Å².